The van der Waals surface area contributed by atoms with E-state index < -0.39 is 0 Å². The fraction of sp³-hybridized carbons (Fsp3) is 0.929. The van der Waals surface area contributed by atoms with Crippen molar-refractivity contribution >= 4 is 5.78 Å². The zero-order valence-electron chi connectivity index (χ0n) is 12.7. The number of ether oxygens (including phenoxy) is 2. The summed E-state index contributed by atoms with van der Waals surface area (Å²) < 4.78 is 10.3. The lowest BCUT2D eigenvalue weighted by molar-refractivity contribution is -0.129. The normalized spacial score (nSPS) is 13.6. The van der Waals surface area contributed by atoms with Gasteiger partial charge in [-0.1, -0.05) is 27.7 Å². The second-order valence-electron chi connectivity index (χ2n) is 5.27. The van der Waals surface area contributed by atoms with Gasteiger partial charge in [0.2, 0.25) is 0 Å². The van der Waals surface area contributed by atoms with Crippen LogP contribution in [-0.2, 0) is 14.3 Å². The molecule has 0 heterocycles. The fourth-order valence-electron chi connectivity index (χ4n) is 2.08. The van der Waals surface area contributed by atoms with E-state index in [0.29, 0.717) is 24.9 Å². The number of ketones is 1. The third kappa shape index (κ3) is 5.94. The summed E-state index contributed by atoms with van der Waals surface area (Å²) >= 11 is 0. The van der Waals surface area contributed by atoms with Gasteiger partial charge in [0.1, 0.15) is 0 Å². The summed E-state index contributed by atoms with van der Waals surface area (Å²) in [5.41, 5.74) is 0. The summed E-state index contributed by atoms with van der Waals surface area (Å²) in [5.74, 6) is 0.663. The van der Waals surface area contributed by atoms with Crippen LogP contribution >= 0.6 is 0 Å². The first-order valence-corrected chi connectivity index (χ1v) is 6.71. The van der Waals surface area contributed by atoms with Gasteiger partial charge in [-0.05, 0) is 5.92 Å². The molecule has 0 aliphatic carbocycles. The molecule has 18 heavy (non-hydrogen) atoms. The average Bonchev–Trinajstić information content (AvgIpc) is 2.31. The predicted molar refractivity (Wildman–Crippen MR) is 73.8 cm³/mol. The lowest BCUT2D eigenvalue weighted by atomic mass is 9.91. The largest absolute Gasteiger partial charge is 0.383 e. The number of nitrogens with zero attached hydrogens (tertiary/aromatic N) is 1. The Kier molecular flexibility index (Phi) is 9.24. The summed E-state index contributed by atoms with van der Waals surface area (Å²) in [5, 5.41) is 0. The molecule has 0 saturated carbocycles. The number of hydrogen-bond donors (Lipinski definition) is 0. The molecule has 0 amide bonds. The molecule has 4 nitrogen and oxygen atoms in total. The smallest absolute Gasteiger partial charge is 0.152 e. The van der Waals surface area contributed by atoms with Crippen LogP contribution in [0, 0.1) is 11.8 Å². The van der Waals surface area contributed by atoms with Gasteiger partial charge in [0, 0.05) is 33.2 Å². The van der Waals surface area contributed by atoms with Crippen LogP contribution in [0.1, 0.15) is 27.7 Å². The Balaban J connectivity index is 4.78. The van der Waals surface area contributed by atoms with Crippen LogP contribution in [0.5, 0.6) is 0 Å². The van der Waals surface area contributed by atoms with E-state index in [1.165, 1.54) is 0 Å². The van der Waals surface area contributed by atoms with Crippen LogP contribution in [0.25, 0.3) is 0 Å². The minimum atomic E-state index is -0.0460. The van der Waals surface area contributed by atoms with Gasteiger partial charge in [0.25, 0.3) is 0 Å². The van der Waals surface area contributed by atoms with Gasteiger partial charge in [0.15, 0.2) is 5.78 Å². The fourth-order valence-corrected chi connectivity index (χ4v) is 2.08. The summed E-state index contributed by atoms with van der Waals surface area (Å²) in [7, 11) is 3.37. The molecule has 4 heteroatoms. The minimum absolute atomic E-state index is 0.0460. The molecular formula is C14H29NO3. The van der Waals surface area contributed by atoms with Gasteiger partial charge in [-0.2, -0.15) is 0 Å². The van der Waals surface area contributed by atoms with Crippen LogP contribution in [0.3, 0.4) is 0 Å². The number of rotatable bonds is 10. The number of methoxy groups -OCH3 is 2. The van der Waals surface area contributed by atoms with Gasteiger partial charge >= 0.3 is 0 Å². The molecule has 0 bridgehead atoms. The number of Topliss-reactive ketones (excluding diaryl/α,β-unsaturated/α-hetero) is 1. The second kappa shape index (κ2) is 9.48. The van der Waals surface area contributed by atoms with Crippen molar-refractivity contribution in [3.05, 3.63) is 0 Å². The van der Waals surface area contributed by atoms with Crippen molar-refractivity contribution in [2.45, 2.75) is 33.7 Å². The van der Waals surface area contributed by atoms with E-state index in [1.807, 2.05) is 13.8 Å². The minimum Gasteiger partial charge on any atom is -0.383 e. The predicted octanol–water partition coefficient (Wildman–Crippen LogP) is 1.83. The van der Waals surface area contributed by atoms with Gasteiger partial charge in [0.05, 0.1) is 19.3 Å². The van der Waals surface area contributed by atoms with Crippen LogP contribution < -0.4 is 0 Å². The van der Waals surface area contributed by atoms with Gasteiger partial charge in [-0.15, -0.1) is 0 Å². The molecule has 0 N–H and O–H groups in total. The number of carbonyl (C=O) groups is 1. The van der Waals surface area contributed by atoms with Crippen molar-refractivity contribution in [1.82, 2.24) is 4.90 Å². The summed E-state index contributed by atoms with van der Waals surface area (Å²) in [4.78, 5) is 14.5. The Labute approximate surface area is 112 Å². The maximum Gasteiger partial charge on any atom is 0.152 e. The molecule has 0 aromatic rings. The van der Waals surface area contributed by atoms with E-state index in [9.17, 15) is 4.79 Å². The standard InChI is InChI=1S/C14H29NO3/c1-11(2)13(14(16)12(3)4)15(7-9-17-5)8-10-18-6/h11-13H,7-10H2,1-6H3. The molecule has 0 rings (SSSR count). The summed E-state index contributed by atoms with van der Waals surface area (Å²) in [6.07, 6.45) is 0. The SMILES string of the molecule is COCCN(CCOC)C(C(=O)C(C)C)C(C)C. The quantitative estimate of drug-likeness (QED) is 0.600. The Morgan fingerprint density at radius 1 is 1.00 bits per heavy atom. The summed E-state index contributed by atoms with van der Waals surface area (Å²) in [6.45, 7) is 10.9. The Morgan fingerprint density at radius 2 is 1.44 bits per heavy atom. The molecule has 0 radical (unpaired) electrons. The molecule has 0 aliphatic heterocycles. The van der Waals surface area contributed by atoms with Gasteiger partial charge < -0.3 is 9.47 Å². The molecule has 0 aromatic carbocycles. The lowest BCUT2D eigenvalue weighted by Crippen LogP contribution is -2.49. The van der Waals surface area contributed by atoms with Crippen LogP contribution in [0.4, 0.5) is 0 Å². The van der Waals surface area contributed by atoms with Crippen molar-refractivity contribution < 1.29 is 14.3 Å². The highest BCUT2D eigenvalue weighted by Gasteiger charge is 2.29. The van der Waals surface area contributed by atoms with E-state index in [4.69, 9.17) is 9.47 Å². The highest BCUT2D eigenvalue weighted by molar-refractivity contribution is 5.85. The first-order valence-electron chi connectivity index (χ1n) is 6.71. The molecule has 0 aliphatic rings. The molecule has 1 atom stereocenters. The maximum absolute atomic E-state index is 12.3. The van der Waals surface area contributed by atoms with Gasteiger partial charge in [-0.3, -0.25) is 9.69 Å². The third-order valence-electron chi connectivity index (χ3n) is 3.05. The van der Waals surface area contributed by atoms with Crippen LogP contribution in [0.2, 0.25) is 0 Å². The van der Waals surface area contributed by atoms with E-state index in [2.05, 4.69) is 18.7 Å². The van der Waals surface area contributed by atoms with Crippen molar-refractivity contribution in [2.75, 3.05) is 40.5 Å². The molecule has 0 saturated heterocycles. The van der Waals surface area contributed by atoms with Crippen LogP contribution in [-0.4, -0.2) is 57.2 Å². The molecule has 0 spiro atoms. The van der Waals surface area contributed by atoms with Crippen molar-refractivity contribution in [1.29, 1.82) is 0 Å². The molecule has 108 valence electrons. The Morgan fingerprint density at radius 3 is 1.72 bits per heavy atom. The Hall–Kier alpha value is -0.450. The molecular weight excluding hydrogens is 230 g/mol. The first-order chi connectivity index (χ1) is 8.45. The zero-order chi connectivity index (χ0) is 14.1. The first kappa shape index (κ1) is 17.6. The van der Waals surface area contributed by atoms with E-state index in [0.717, 1.165) is 13.1 Å². The second-order valence-corrected chi connectivity index (χ2v) is 5.27. The van der Waals surface area contributed by atoms with Crippen molar-refractivity contribution in [3.63, 3.8) is 0 Å². The summed E-state index contributed by atoms with van der Waals surface area (Å²) in [6, 6.07) is -0.0460. The van der Waals surface area contributed by atoms with Crippen molar-refractivity contribution in [3.8, 4) is 0 Å². The van der Waals surface area contributed by atoms with Crippen molar-refractivity contribution in [2.24, 2.45) is 11.8 Å². The highest BCUT2D eigenvalue weighted by Crippen LogP contribution is 2.16. The topological polar surface area (TPSA) is 38.8 Å². The zero-order valence-corrected chi connectivity index (χ0v) is 12.7. The molecule has 0 fully saturated rings. The monoisotopic (exact) mass is 259 g/mol. The van der Waals surface area contributed by atoms with E-state index >= 15 is 0 Å². The average molecular weight is 259 g/mol. The lowest BCUT2D eigenvalue weighted by Gasteiger charge is -2.34. The maximum atomic E-state index is 12.3. The van der Waals surface area contributed by atoms with E-state index in [-0.39, 0.29) is 12.0 Å². The third-order valence-corrected chi connectivity index (χ3v) is 3.05. The van der Waals surface area contributed by atoms with Crippen LogP contribution in [0.15, 0.2) is 0 Å². The van der Waals surface area contributed by atoms with E-state index in [1.54, 1.807) is 14.2 Å². The number of carbonyl (C=O) groups excluding carboxylic acids is 1. The highest BCUT2D eigenvalue weighted by atomic mass is 16.5. The number of hydrogen-bond acceptors (Lipinski definition) is 4. The van der Waals surface area contributed by atoms with Gasteiger partial charge in [-0.25, -0.2) is 0 Å². The molecule has 1 unspecified atom stereocenters. The molecule has 0 aromatic heterocycles. The Bertz CT molecular complexity index is 221.